The van der Waals surface area contributed by atoms with Gasteiger partial charge in [0.25, 0.3) is 5.91 Å². The summed E-state index contributed by atoms with van der Waals surface area (Å²) >= 11 is 1.52. The summed E-state index contributed by atoms with van der Waals surface area (Å²) in [6.07, 6.45) is 0. The molecule has 0 aliphatic rings. The number of aromatic nitrogens is 3. The van der Waals surface area contributed by atoms with Gasteiger partial charge in [0, 0.05) is 17.3 Å². The number of benzene rings is 1. The fourth-order valence-electron chi connectivity index (χ4n) is 2.24. The van der Waals surface area contributed by atoms with Crippen LogP contribution in [0.2, 0.25) is 0 Å². The predicted octanol–water partition coefficient (Wildman–Crippen LogP) is 1.72. The lowest BCUT2D eigenvalue weighted by Gasteiger charge is -2.05. The van der Waals surface area contributed by atoms with Gasteiger partial charge < -0.3 is 15.3 Å². The van der Waals surface area contributed by atoms with Gasteiger partial charge in [-0.05, 0) is 32.3 Å². The van der Waals surface area contributed by atoms with Crippen molar-refractivity contribution in [2.24, 2.45) is 0 Å². The van der Waals surface area contributed by atoms with Gasteiger partial charge in [-0.3, -0.25) is 9.89 Å². The zero-order valence-corrected chi connectivity index (χ0v) is 13.6. The number of phenols is 1. The van der Waals surface area contributed by atoms with Gasteiger partial charge >= 0.3 is 0 Å². The molecule has 0 bridgehead atoms. The van der Waals surface area contributed by atoms with Gasteiger partial charge in [-0.2, -0.15) is 5.10 Å². The average Bonchev–Trinajstić information content (AvgIpc) is 3.10. The Bertz CT molecular complexity index is 839. The molecule has 7 nitrogen and oxygen atoms in total. The second-order valence-corrected chi connectivity index (χ2v) is 6.40. The molecule has 8 heteroatoms. The molecule has 120 valence electrons. The van der Waals surface area contributed by atoms with Crippen molar-refractivity contribution in [3.63, 3.8) is 0 Å². The first kappa shape index (κ1) is 15.4. The molecule has 1 aromatic carbocycles. The van der Waals surface area contributed by atoms with Crippen LogP contribution in [0.5, 0.6) is 5.75 Å². The highest BCUT2D eigenvalue weighted by Gasteiger charge is 2.15. The molecule has 23 heavy (non-hydrogen) atoms. The van der Waals surface area contributed by atoms with Crippen molar-refractivity contribution in [3.05, 3.63) is 40.0 Å². The Morgan fingerprint density at radius 3 is 3.04 bits per heavy atom. The van der Waals surface area contributed by atoms with E-state index in [0.717, 1.165) is 17.2 Å². The quantitative estimate of drug-likeness (QED) is 0.662. The normalized spacial score (nSPS) is 11.3. The molecule has 0 unspecified atom stereocenters. The van der Waals surface area contributed by atoms with Crippen LogP contribution in [-0.4, -0.2) is 45.2 Å². The van der Waals surface area contributed by atoms with Crippen LogP contribution in [-0.2, 0) is 13.1 Å². The molecule has 3 N–H and O–H groups in total. The van der Waals surface area contributed by atoms with Crippen molar-refractivity contribution in [1.82, 2.24) is 25.4 Å². The SMILES string of the molecule is CN(C)Cc1csc(CNC(=O)c2n[nH]c3ccc(O)cc23)n1. The summed E-state index contributed by atoms with van der Waals surface area (Å²) in [4.78, 5) is 18.8. The number of carbonyl (C=O) groups excluding carboxylic acids is 1. The first-order chi connectivity index (χ1) is 11.0. The zero-order chi connectivity index (χ0) is 16.4. The van der Waals surface area contributed by atoms with Crippen LogP contribution in [0.4, 0.5) is 0 Å². The van der Waals surface area contributed by atoms with E-state index in [1.54, 1.807) is 12.1 Å². The summed E-state index contributed by atoms with van der Waals surface area (Å²) in [5.41, 5.74) is 1.95. The van der Waals surface area contributed by atoms with E-state index in [0.29, 0.717) is 17.4 Å². The van der Waals surface area contributed by atoms with Crippen LogP contribution in [0.3, 0.4) is 0 Å². The molecule has 0 fully saturated rings. The van der Waals surface area contributed by atoms with Crippen LogP contribution in [0.1, 0.15) is 21.2 Å². The van der Waals surface area contributed by atoms with Gasteiger partial charge in [0.05, 0.1) is 17.8 Å². The van der Waals surface area contributed by atoms with Gasteiger partial charge in [0.1, 0.15) is 10.8 Å². The highest BCUT2D eigenvalue weighted by Crippen LogP contribution is 2.21. The fourth-order valence-corrected chi connectivity index (χ4v) is 2.97. The van der Waals surface area contributed by atoms with Crippen LogP contribution >= 0.6 is 11.3 Å². The maximum Gasteiger partial charge on any atom is 0.272 e. The number of H-pyrrole nitrogens is 1. The molecule has 0 spiro atoms. The van der Waals surface area contributed by atoms with Crippen molar-refractivity contribution in [1.29, 1.82) is 0 Å². The average molecular weight is 331 g/mol. The van der Waals surface area contributed by atoms with Crippen LogP contribution in [0.25, 0.3) is 10.9 Å². The number of aromatic amines is 1. The van der Waals surface area contributed by atoms with Crippen molar-refractivity contribution in [2.45, 2.75) is 13.1 Å². The summed E-state index contributed by atoms with van der Waals surface area (Å²) in [5, 5.41) is 22.6. The number of carbonyl (C=O) groups is 1. The first-order valence-electron chi connectivity index (χ1n) is 7.06. The third-order valence-electron chi connectivity index (χ3n) is 3.24. The van der Waals surface area contributed by atoms with Gasteiger partial charge in [0.15, 0.2) is 5.69 Å². The molecular weight excluding hydrogens is 314 g/mol. The number of nitrogens with zero attached hydrogens (tertiary/aromatic N) is 3. The van der Waals surface area contributed by atoms with Crippen molar-refractivity contribution < 1.29 is 9.90 Å². The Balaban J connectivity index is 1.69. The fraction of sp³-hybridized carbons (Fsp3) is 0.267. The third kappa shape index (κ3) is 3.49. The molecule has 0 aliphatic heterocycles. The topological polar surface area (TPSA) is 94.1 Å². The maximum atomic E-state index is 12.3. The Hall–Kier alpha value is -2.45. The van der Waals surface area contributed by atoms with E-state index in [1.165, 1.54) is 17.4 Å². The molecule has 3 rings (SSSR count). The van der Waals surface area contributed by atoms with Crippen LogP contribution < -0.4 is 5.32 Å². The monoisotopic (exact) mass is 331 g/mol. The summed E-state index contributed by atoms with van der Waals surface area (Å²) in [6.45, 7) is 1.12. The molecule has 1 amide bonds. The molecular formula is C15H17N5O2S. The Morgan fingerprint density at radius 2 is 2.26 bits per heavy atom. The summed E-state index contributed by atoms with van der Waals surface area (Å²) in [6, 6.07) is 4.75. The molecule has 0 radical (unpaired) electrons. The molecule has 0 saturated heterocycles. The zero-order valence-electron chi connectivity index (χ0n) is 12.8. The minimum atomic E-state index is -0.300. The van der Waals surface area contributed by atoms with E-state index in [-0.39, 0.29) is 17.4 Å². The van der Waals surface area contributed by atoms with E-state index in [2.05, 4.69) is 20.5 Å². The number of phenolic OH excluding ortho intramolecular Hbond substituents is 1. The number of amides is 1. The lowest BCUT2D eigenvalue weighted by atomic mass is 10.2. The molecule has 0 saturated carbocycles. The number of hydrogen-bond donors (Lipinski definition) is 3. The number of aromatic hydroxyl groups is 1. The van der Waals surface area contributed by atoms with E-state index >= 15 is 0 Å². The molecule has 2 aromatic heterocycles. The lowest BCUT2D eigenvalue weighted by molar-refractivity contribution is 0.0947. The second kappa shape index (κ2) is 6.35. The maximum absolute atomic E-state index is 12.3. The summed E-state index contributed by atoms with van der Waals surface area (Å²) < 4.78 is 0. The number of nitrogens with one attached hydrogen (secondary N) is 2. The highest BCUT2D eigenvalue weighted by atomic mass is 32.1. The van der Waals surface area contributed by atoms with Gasteiger partial charge in [-0.1, -0.05) is 0 Å². The lowest BCUT2D eigenvalue weighted by Crippen LogP contribution is -2.23. The molecule has 3 aromatic rings. The number of hydrogen-bond acceptors (Lipinski definition) is 6. The predicted molar refractivity (Wildman–Crippen MR) is 88.4 cm³/mol. The Labute approximate surface area is 137 Å². The molecule has 0 aliphatic carbocycles. The highest BCUT2D eigenvalue weighted by molar-refractivity contribution is 7.09. The number of fused-ring (bicyclic) bond motifs is 1. The largest absolute Gasteiger partial charge is 0.508 e. The second-order valence-electron chi connectivity index (χ2n) is 5.46. The Kier molecular flexibility index (Phi) is 4.26. The number of thiazole rings is 1. The van der Waals surface area contributed by atoms with Crippen molar-refractivity contribution in [2.75, 3.05) is 14.1 Å². The minimum absolute atomic E-state index is 0.0983. The van der Waals surface area contributed by atoms with Crippen molar-refractivity contribution in [3.8, 4) is 5.75 Å². The van der Waals surface area contributed by atoms with Gasteiger partial charge in [-0.25, -0.2) is 4.98 Å². The van der Waals surface area contributed by atoms with Gasteiger partial charge in [-0.15, -0.1) is 11.3 Å². The Morgan fingerprint density at radius 1 is 1.43 bits per heavy atom. The van der Waals surface area contributed by atoms with Crippen LogP contribution in [0.15, 0.2) is 23.6 Å². The van der Waals surface area contributed by atoms with Crippen LogP contribution in [0, 0.1) is 0 Å². The molecule has 2 heterocycles. The minimum Gasteiger partial charge on any atom is -0.508 e. The number of rotatable bonds is 5. The van der Waals surface area contributed by atoms with E-state index < -0.39 is 0 Å². The standard InChI is InChI=1S/C15H17N5O2S/c1-20(2)7-9-8-23-13(17-9)6-16-15(22)14-11-5-10(21)3-4-12(11)18-19-14/h3-5,8,21H,6-7H2,1-2H3,(H,16,22)(H,18,19). The van der Waals surface area contributed by atoms with E-state index in [4.69, 9.17) is 0 Å². The summed E-state index contributed by atoms with van der Waals surface area (Å²) in [5.74, 6) is -0.201. The van der Waals surface area contributed by atoms with E-state index in [1.807, 2.05) is 24.4 Å². The van der Waals surface area contributed by atoms with Gasteiger partial charge in [0.2, 0.25) is 0 Å². The smallest absolute Gasteiger partial charge is 0.272 e. The van der Waals surface area contributed by atoms with Crippen molar-refractivity contribution >= 4 is 28.1 Å². The first-order valence-corrected chi connectivity index (χ1v) is 7.94. The van der Waals surface area contributed by atoms with E-state index in [9.17, 15) is 9.90 Å². The molecule has 0 atom stereocenters. The summed E-state index contributed by atoms with van der Waals surface area (Å²) in [7, 11) is 3.97. The third-order valence-corrected chi connectivity index (χ3v) is 4.14.